The Morgan fingerprint density at radius 3 is 2.90 bits per heavy atom. The van der Waals surface area contributed by atoms with Crippen molar-refractivity contribution >= 4 is 22.9 Å². The Balaban J connectivity index is 1.72. The van der Waals surface area contributed by atoms with Gasteiger partial charge in [0.05, 0.1) is 0 Å². The van der Waals surface area contributed by atoms with E-state index in [4.69, 9.17) is 4.42 Å². The molecule has 4 heteroatoms. The number of nitrogens with one attached hydrogen (secondary N) is 1. The quantitative estimate of drug-likeness (QED) is 0.546. The highest BCUT2D eigenvalue weighted by Gasteiger charge is 2.07. The van der Waals surface area contributed by atoms with Gasteiger partial charge in [-0.15, -0.1) is 0 Å². The van der Waals surface area contributed by atoms with Crippen molar-refractivity contribution in [3.8, 4) is 0 Å². The van der Waals surface area contributed by atoms with Crippen molar-refractivity contribution in [2.24, 2.45) is 0 Å². The highest BCUT2D eigenvalue weighted by Crippen LogP contribution is 2.24. The van der Waals surface area contributed by atoms with Gasteiger partial charge in [-0.2, -0.15) is 0 Å². The summed E-state index contributed by atoms with van der Waals surface area (Å²) in [5.74, 6) is 1.07. The zero-order valence-corrected chi connectivity index (χ0v) is 13.2. The lowest BCUT2D eigenvalue weighted by atomic mass is 10.1. The van der Waals surface area contributed by atoms with E-state index < -0.39 is 0 Å². The molecule has 1 atom stereocenters. The Hall–Kier alpha value is -1.00. The maximum absolute atomic E-state index is 5.70. The smallest absolute Gasteiger partial charge is 0.256 e. The number of benzene rings is 1. The van der Waals surface area contributed by atoms with Crippen molar-refractivity contribution in [1.82, 2.24) is 10.3 Å². The standard InChI is InChI=1S/C16H24N2OS/c1-3-11-17-13(4-2)8-7-12-20-16-18-14-9-5-6-10-15(14)19-16/h5-6,9-10,13,17H,3-4,7-8,11-12H2,1-2H3. The van der Waals surface area contributed by atoms with Crippen LogP contribution in [0.2, 0.25) is 0 Å². The SMILES string of the molecule is CCCNC(CC)CCCSc1nc2ccccc2o1. The molecule has 0 aliphatic rings. The summed E-state index contributed by atoms with van der Waals surface area (Å²) in [6, 6.07) is 8.58. The summed E-state index contributed by atoms with van der Waals surface area (Å²) in [7, 11) is 0. The maximum Gasteiger partial charge on any atom is 0.256 e. The Morgan fingerprint density at radius 2 is 2.15 bits per heavy atom. The van der Waals surface area contributed by atoms with Crippen LogP contribution in [0, 0.1) is 0 Å². The third-order valence-electron chi connectivity index (χ3n) is 3.37. The van der Waals surface area contributed by atoms with Crippen molar-refractivity contribution in [3.63, 3.8) is 0 Å². The molecular formula is C16H24N2OS. The number of fused-ring (bicyclic) bond motifs is 1. The number of para-hydroxylation sites is 2. The van der Waals surface area contributed by atoms with Gasteiger partial charge < -0.3 is 9.73 Å². The summed E-state index contributed by atoms with van der Waals surface area (Å²) in [4.78, 5) is 4.48. The molecule has 1 N–H and O–H groups in total. The zero-order chi connectivity index (χ0) is 14.2. The number of rotatable bonds is 9. The third kappa shape index (κ3) is 4.53. The van der Waals surface area contributed by atoms with E-state index in [2.05, 4.69) is 24.1 Å². The number of aromatic nitrogens is 1. The van der Waals surface area contributed by atoms with Crippen LogP contribution in [0.1, 0.15) is 39.5 Å². The highest BCUT2D eigenvalue weighted by atomic mass is 32.2. The Kier molecular flexibility index (Phi) is 6.40. The average Bonchev–Trinajstić information content (AvgIpc) is 2.89. The molecule has 20 heavy (non-hydrogen) atoms. The second-order valence-corrected chi connectivity index (χ2v) is 6.04. The Morgan fingerprint density at radius 1 is 1.30 bits per heavy atom. The predicted molar refractivity (Wildman–Crippen MR) is 86.3 cm³/mol. The van der Waals surface area contributed by atoms with Crippen molar-refractivity contribution in [2.75, 3.05) is 12.3 Å². The number of thioether (sulfide) groups is 1. The van der Waals surface area contributed by atoms with E-state index in [0.717, 1.165) is 28.6 Å². The lowest BCUT2D eigenvalue weighted by molar-refractivity contribution is 0.463. The van der Waals surface area contributed by atoms with Gasteiger partial charge in [0.2, 0.25) is 0 Å². The molecule has 1 unspecified atom stereocenters. The fraction of sp³-hybridized carbons (Fsp3) is 0.562. The van der Waals surface area contributed by atoms with Gasteiger partial charge in [0, 0.05) is 11.8 Å². The van der Waals surface area contributed by atoms with Crippen molar-refractivity contribution in [2.45, 2.75) is 50.8 Å². The molecule has 3 nitrogen and oxygen atoms in total. The number of hydrogen-bond donors (Lipinski definition) is 1. The Bertz CT molecular complexity index is 479. The van der Waals surface area contributed by atoms with Crippen LogP contribution < -0.4 is 5.32 Å². The molecule has 1 aromatic carbocycles. The minimum absolute atomic E-state index is 0.652. The predicted octanol–water partition coefficient (Wildman–Crippen LogP) is 4.48. The second kappa shape index (κ2) is 8.32. The molecule has 0 radical (unpaired) electrons. The van der Waals surface area contributed by atoms with E-state index >= 15 is 0 Å². The summed E-state index contributed by atoms with van der Waals surface area (Å²) < 4.78 is 5.70. The fourth-order valence-electron chi connectivity index (χ4n) is 2.20. The molecule has 1 aromatic heterocycles. The van der Waals surface area contributed by atoms with Gasteiger partial charge in [-0.25, -0.2) is 4.98 Å². The van der Waals surface area contributed by atoms with E-state index in [1.807, 2.05) is 24.3 Å². The molecule has 0 amide bonds. The molecular weight excluding hydrogens is 268 g/mol. The van der Waals surface area contributed by atoms with Crippen LogP contribution in [0.15, 0.2) is 33.9 Å². The summed E-state index contributed by atoms with van der Waals surface area (Å²) in [6.07, 6.45) is 4.82. The molecule has 110 valence electrons. The third-order valence-corrected chi connectivity index (χ3v) is 4.29. The molecule has 0 bridgehead atoms. The van der Waals surface area contributed by atoms with Gasteiger partial charge in [0.1, 0.15) is 5.52 Å². The van der Waals surface area contributed by atoms with Crippen LogP contribution in [0.25, 0.3) is 11.1 Å². The topological polar surface area (TPSA) is 38.1 Å². The first-order valence-corrected chi connectivity index (χ1v) is 8.53. The average molecular weight is 292 g/mol. The van der Waals surface area contributed by atoms with E-state index in [-0.39, 0.29) is 0 Å². The van der Waals surface area contributed by atoms with E-state index in [9.17, 15) is 0 Å². The van der Waals surface area contributed by atoms with Gasteiger partial charge in [0.25, 0.3) is 5.22 Å². The summed E-state index contributed by atoms with van der Waals surface area (Å²) >= 11 is 1.72. The van der Waals surface area contributed by atoms with E-state index in [1.54, 1.807) is 11.8 Å². The number of oxazole rings is 1. The Labute approximate surface area is 125 Å². The first-order valence-electron chi connectivity index (χ1n) is 7.55. The van der Waals surface area contributed by atoms with Crippen molar-refractivity contribution in [1.29, 1.82) is 0 Å². The van der Waals surface area contributed by atoms with Crippen molar-refractivity contribution < 1.29 is 4.42 Å². The van der Waals surface area contributed by atoms with Gasteiger partial charge in [0.15, 0.2) is 5.58 Å². The second-order valence-electron chi connectivity index (χ2n) is 5.00. The molecule has 0 spiro atoms. The van der Waals surface area contributed by atoms with Gasteiger partial charge in [-0.3, -0.25) is 0 Å². The van der Waals surface area contributed by atoms with Crippen LogP contribution in [0.5, 0.6) is 0 Å². The summed E-state index contributed by atoms with van der Waals surface area (Å²) in [6.45, 7) is 5.58. The zero-order valence-electron chi connectivity index (χ0n) is 12.4. The largest absolute Gasteiger partial charge is 0.431 e. The molecule has 0 saturated heterocycles. The van der Waals surface area contributed by atoms with Gasteiger partial charge >= 0.3 is 0 Å². The molecule has 2 rings (SSSR count). The molecule has 0 aliphatic carbocycles. The lowest BCUT2D eigenvalue weighted by Gasteiger charge is -2.15. The van der Waals surface area contributed by atoms with E-state index in [1.165, 1.54) is 25.7 Å². The van der Waals surface area contributed by atoms with Gasteiger partial charge in [-0.05, 0) is 44.4 Å². The minimum atomic E-state index is 0.652. The normalized spacial score (nSPS) is 12.9. The first-order chi connectivity index (χ1) is 9.83. The maximum atomic E-state index is 5.70. The van der Waals surface area contributed by atoms with Crippen molar-refractivity contribution in [3.05, 3.63) is 24.3 Å². The van der Waals surface area contributed by atoms with E-state index in [0.29, 0.717) is 6.04 Å². The number of hydrogen-bond acceptors (Lipinski definition) is 4. The van der Waals surface area contributed by atoms with Gasteiger partial charge in [-0.1, -0.05) is 37.7 Å². The summed E-state index contributed by atoms with van der Waals surface area (Å²) in [5, 5.41) is 4.38. The molecule has 0 aliphatic heterocycles. The van der Waals surface area contributed by atoms with Crippen LogP contribution >= 0.6 is 11.8 Å². The summed E-state index contributed by atoms with van der Waals surface area (Å²) in [5.41, 5.74) is 1.83. The number of nitrogens with zero attached hydrogens (tertiary/aromatic N) is 1. The first kappa shape index (κ1) is 15.4. The molecule has 1 heterocycles. The van der Waals surface area contributed by atoms with Crippen LogP contribution in [-0.2, 0) is 0 Å². The van der Waals surface area contributed by atoms with Crippen LogP contribution in [-0.4, -0.2) is 23.3 Å². The lowest BCUT2D eigenvalue weighted by Crippen LogP contribution is -2.29. The monoisotopic (exact) mass is 292 g/mol. The minimum Gasteiger partial charge on any atom is -0.431 e. The molecule has 2 aromatic rings. The molecule has 0 saturated carbocycles. The molecule has 0 fully saturated rings. The van der Waals surface area contributed by atoms with Crippen LogP contribution in [0.3, 0.4) is 0 Å². The van der Waals surface area contributed by atoms with Crippen LogP contribution in [0.4, 0.5) is 0 Å². The fourth-order valence-corrected chi connectivity index (χ4v) is 3.00. The highest BCUT2D eigenvalue weighted by molar-refractivity contribution is 7.99.